The number of ether oxygens (including phenoxy) is 1. The SMILES string of the molecule is CCOc1ccccc1N1CC(c2nc3ccccc3n2CC(=O)N2CCCCC2C)CC1=O. The Morgan fingerprint density at radius 2 is 1.91 bits per heavy atom. The van der Waals surface area contributed by atoms with Crippen LogP contribution in [0.2, 0.25) is 0 Å². The number of carbonyl (C=O) groups is 2. The molecule has 3 aromatic rings. The van der Waals surface area contributed by atoms with Gasteiger partial charge in [-0.3, -0.25) is 9.59 Å². The largest absolute Gasteiger partial charge is 0.492 e. The van der Waals surface area contributed by atoms with Crippen LogP contribution in [-0.4, -0.2) is 52.0 Å². The van der Waals surface area contributed by atoms with Gasteiger partial charge in [0, 0.05) is 31.5 Å². The zero-order valence-corrected chi connectivity index (χ0v) is 19.9. The number of hydrogen-bond acceptors (Lipinski definition) is 4. The van der Waals surface area contributed by atoms with E-state index in [1.165, 1.54) is 6.42 Å². The van der Waals surface area contributed by atoms with Gasteiger partial charge in [-0.15, -0.1) is 0 Å². The van der Waals surface area contributed by atoms with Gasteiger partial charge in [-0.2, -0.15) is 0 Å². The van der Waals surface area contributed by atoms with Gasteiger partial charge in [0.1, 0.15) is 18.1 Å². The van der Waals surface area contributed by atoms with Crippen LogP contribution in [0.15, 0.2) is 48.5 Å². The maximum atomic E-state index is 13.3. The van der Waals surface area contributed by atoms with Gasteiger partial charge in [-0.25, -0.2) is 4.98 Å². The van der Waals surface area contributed by atoms with Crippen LogP contribution in [0.4, 0.5) is 5.69 Å². The smallest absolute Gasteiger partial charge is 0.242 e. The van der Waals surface area contributed by atoms with E-state index in [9.17, 15) is 9.59 Å². The fraction of sp³-hybridized carbons (Fsp3) is 0.444. The number of aromatic nitrogens is 2. The zero-order valence-electron chi connectivity index (χ0n) is 19.9. The van der Waals surface area contributed by atoms with Crippen molar-refractivity contribution in [3.05, 3.63) is 54.4 Å². The van der Waals surface area contributed by atoms with Crippen molar-refractivity contribution in [3.63, 3.8) is 0 Å². The Morgan fingerprint density at radius 1 is 1.12 bits per heavy atom. The van der Waals surface area contributed by atoms with Crippen molar-refractivity contribution in [1.82, 2.24) is 14.5 Å². The van der Waals surface area contributed by atoms with Crippen molar-refractivity contribution < 1.29 is 14.3 Å². The number of amides is 2. The first-order chi connectivity index (χ1) is 16.6. The molecule has 0 saturated carbocycles. The van der Waals surface area contributed by atoms with Crippen LogP contribution >= 0.6 is 0 Å². The molecule has 2 aliphatic heterocycles. The topological polar surface area (TPSA) is 67.7 Å². The average Bonchev–Trinajstić information content (AvgIpc) is 3.40. The predicted octanol–water partition coefficient (Wildman–Crippen LogP) is 4.36. The first-order valence-electron chi connectivity index (χ1n) is 12.3. The monoisotopic (exact) mass is 460 g/mol. The van der Waals surface area contributed by atoms with Gasteiger partial charge in [0.2, 0.25) is 11.8 Å². The summed E-state index contributed by atoms with van der Waals surface area (Å²) in [6.45, 7) is 6.18. The number of hydrogen-bond donors (Lipinski definition) is 0. The summed E-state index contributed by atoms with van der Waals surface area (Å²) < 4.78 is 7.81. The number of piperidine rings is 1. The molecule has 0 bridgehead atoms. The summed E-state index contributed by atoms with van der Waals surface area (Å²) in [7, 11) is 0. The Labute approximate surface area is 200 Å². The second kappa shape index (κ2) is 9.49. The third kappa shape index (κ3) is 4.15. The highest BCUT2D eigenvalue weighted by atomic mass is 16.5. The standard InChI is InChI=1S/C27H32N4O3/c1-3-34-24-14-7-6-13-23(24)30-17-20(16-25(30)32)27-28-21-11-4-5-12-22(21)31(27)18-26(33)29-15-9-8-10-19(29)2/h4-7,11-14,19-20H,3,8-10,15-18H2,1-2H3. The normalized spacial score (nSPS) is 20.8. The van der Waals surface area contributed by atoms with Gasteiger partial charge in [0.25, 0.3) is 0 Å². The second-order valence-corrected chi connectivity index (χ2v) is 9.28. The summed E-state index contributed by atoms with van der Waals surface area (Å²) in [5.74, 6) is 1.60. The molecule has 2 fully saturated rings. The fourth-order valence-electron chi connectivity index (χ4n) is 5.34. The number of anilines is 1. The van der Waals surface area contributed by atoms with E-state index in [0.29, 0.717) is 25.3 Å². The van der Waals surface area contributed by atoms with E-state index >= 15 is 0 Å². The lowest BCUT2D eigenvalue weighted by Crippen LogP contribution is -2.43. The van der Waals surface area contributed by atoms with Crippen LogP contribution in [0.5, 0.6) is 5.75 Å². The van der Waals surface area contributed by atoms with Crippen molar-refractivity contribution in [1.29, 1.82) is 0 Å². The number of benzene rings is 2. The summed E-state index contributed by atoms with van der Waals surface area (Å²) in [5.41, 5.74) is 2.59. The van der Waals surface area contributed by atoms with Gasteiger partial charge in [-0.1, -0.05) is 24.3 Å². The summed E-state index contributed by atoms with van der Waals surface area (Å²) in [6, 6.07) is 15.8. The molecule has 0 radical (unpaired) electrons. The minimum absolute atomic E-state index is 0.0479. The summed E-state index contributed by atoms with van der Waals surface area (Å²) in [6.07, 6.45) is 3.64. The molecular formula is C27H32N4O3. The van der Waals surface area contributed by atoms with Crippen molar-refractivity contribution in [2.75, 3.05) is 24.6 Å². The number of likely N-dealkylation sites (tertiary alicyclic amines) is 1. The number of rotatable bonds is 6. The molecule has 2 atom stereocenters. The fourth-order valence-corrected chi connectivity index (χ4v) is 5.34. The quantitative estimate of drug-likeness (QED) is 0.548. The van der Waals surface area contributed by atoms with Crippen LogP contribution < -0.4 is 9.64 Å². The van der Waals surface area contributed by atoms with Gasteiger partial charge < -0.3 is 19.1 Å². The van der Waals surface area contributed by atoms with E-state index in [0.717, 1.165) is 41.9 Å². The molecule has 178 valence electrons. The van der Waals surface area contributed by atoms with E-state index in [1.54, 1.807) is 4.90 Å². The Hall–Kier alpha value is -3.35. The molecule has 3 heterocycles. The van der Waals surface area contributed by atoms with Crippen molar-refractivity contribution >= 4 is 28.5 Å². The molecular weight excluding hydrogens is 428 g/mol. The number of nitrogens with zero attached hydrogens (tertiary/aromatic N) is 4. The Morgan fingerprint density at radius 3 is 2.74 bits per heavy atom. The average molecular weight is 461 g/mol. The first-order valence-corrected chi connectivity index (χ1v) is 12.3. The molecule has 1 aromatic heterocycles. The Bertz CT molecular complexity index is 1200. The van der Waals surface area contributed by atoms with E-state index in [1.807, 2.05) is 64.9 Å². The van der Waals surface area contributed by atoms with Crippen molar-refractivity contribution in [3.8, 4) is 5.75 Å². The molecule has 7 nitrogen and oxygen atoms in total. The van der Waals surface area contributed by atoms with E-state index < -0.39 is 0 Å². The van der Waals surface area contributed by atoms with Crippen molar-refractivity contribution in [2.45, 2.75) is 58.0 Å². The number of fused-ring (bicyclic) bond motifs is 1. The van der Waals surface area contributed by atoms with E-state index in [-0.39, 0.29) is 30.3 Å². The molecule has 5 rings (SSSR count). The van der Waals surface area contributed by atoms with Crippen LogP contribution in [0.1, 0.15) is 51.3 Å². The Balaban J connectivity index is 1.46. The molecule has 34 heavy (non-hydrogen) atoms. The summed E-state index contributed by atoms with van der Waals surface area (Å²) in [5, 5.41) is 0. The number of para-hydroxylation sites is 4. The molecule has 0 aliphatic carbocycles. The molecule has 7 heteroatoms. The third-order valence-electron chi connectivity index (χ3n) is 7.05. The van der Waals surface area contributed by atoms with Crippen LogP contribution in [0.25, 0.3) is 11.0 Å². The van der Waals surface area contributed by atoms with Gasteiger partial charge in [0.05, 0.1) is 23.3 Å². The van der Waals surface area contributed by atoms with Gasteiger partial charge >= 0.3 is 0 Å². The molecule has 2 amide bonds. The highest BCUT2D eigenvalue weighted by molar-refractivity contribution is 5.98. The van der Waals surface area contributed by atoms with Crippen LogP contribution in [0.3, 0.4) is 0 Å². The van der Waals surface area contributed by atoms with E-state index in [2.05, 4.69) is 6.92 Å². The maximum absolute atomic E-state index is 13.3. The van der Waals surface area contributed by atoms with Gasteiger partial charge in [-0.05, 0) is 57.4 Å². The zero-order chi connectivity index (χ0) is 23.7. The lowest BCUT2D eigenvalue weighted by atomic mass is 10.0. The second-order valence-electron chi connectivity index (χ2n) is 9.28. The lowest BCUT2D eigenvalue weighted by molar-refractivity contribution is -0.135. The van der Waals surface area contributed by atoms with Crippen LogP contribution in [0, 0.1) is 0 Å². The summed E-state index contributed by atoms with van der Waals surface area (Å²) in [4.78, 5) is 35.2. The van der Waals surface area contributed by atoms with Gasteiger partial charge in [0.15, 0.2) is 0 Å². The molecule has 2 saturated heterocycles. The Kier molecular flexibility index (Phi) is 6.26. The third-order valence-corrected chi connectivity index (χ3v) is 7.05. The number of carbonyl (C=O) groups excluding carboxylic acids is 2. The van der Waals surface area contributed by atoms with Crippen molar-refractivity contribution in [2.24, 2.45) is 0 Å². The predicted molar refractivity (Wildman–Crippen MR) is 132 cm³/mol. The molecule has 2 aliphatic rings. The molecule has 0 spiro atoms. The van der Waals surface area contributed by atoms with Crippen LogP contribution in [-0.2, 0) is 16.1 Å². The highest BCUT2D eigenvalue weighted by Gasteiger charge is 2.36. The molecule has 0 N–H and O–H groups in total. The minimum atomic E-state index is -0.0961. The molecule has 2 unspecified atom stereocenters. The summed E-state index contributed by atoms with van der Waals surface area (Å²) >= 11 is 0. The highest BCUT2D eigenvalue weighted by Crippen LogP contribution is 2.37. The maximum Gasteiger partial charge on any atom is 0.242 e. The van der Waals surface area contributed by atoms with E-state index in [4.69, 9.17) is 9.72 Å². The molecule has 2 aromatic carbocycles. The lowest BCUT2D eigenvalue weighted by Gasteiger charge is -2.33. The minimum Gasteiger partial charge on any atom is -0.492 e. The number of imidazole rings is 1. The first kappa shape index (κ1) is 22.4.